The molecule has 2 heterocycles. The van der Waals surface area contributed by atoms with Crippen molar-refractivity contribution >= 4 is 5.97 Å². The topological polar surface area (TPSA) is 85.5 Å². The molecule has 6 nitrogen and oxygen atoms in total. The Morgan fingerprint density at radius 2 is 2.29 bits per heavy atom. The first kappa shape index (κ1) is 14.5. The maximum atomic E-state index is 11.4. The van der Waals surface area contributed by atoms with E-state index in [4.69, 9.17) is 9.26 Å². The zero-order valence-electron chi connectivity index (χ0n) is 12.3. The summed E-state index contributed by atoms with van der Waals surface area (Å²) in [5.74, 6) is 0.274. The molecule has 4 atom stereocenters. The van der Waals surface area contributed by atoms with Gasteiger partial charge >= 0.3 is 5.97 Å². The van der Waals surface area contributed by atoms with Gasteiger partial charge in [-0.05, 0) is 31.6 Å². The number of rotatable bonds is 5. The van der Waals surface area contributed by atoms with Crippen molar-refractivity contribution in [1.82, 2.24) is 10.1 Å². The summed E-state index contributed by atoms with van der Waals surface area (Å²) in [7, 11) is 0. The Bertz CT molecular complexity index is 496. The van der Waals surface area contributed by atoms with Crippen LogP contribution in [0.2, 0.25) is 0 Å². The predicted molar refractivity (Wildman–Crippen MR) is 73.9 cm³/mol. The molecule has 3 rings (SSSR count). The highest BCUT2D eigenvalue weighted by Gasteiger charge is 2.42. The lowest BCUT2D eigenvalue weighted by molar-refractivity contribution is -0.142. The average molecular weight is 294 g/mol. The lowest BCUT2D eigenvalue weighted by Crippen LogP contribution is -2.17. The summed E-state index contributed by atoms with van der Waals surface area (Å²) in [4.78, 5) is 15.9. The lowest BCUT2D eigenvalue weighted by Gasteiger charge is -2.10. The minimum Gasteiger partial charge on any atom is -0.481 e. The van der Waals surface area contributed by atoms with Crippen molar-refractivity contribution in [2.45, 2.75) is 57.5 Å². The molecule has 0 amide bonds. The van der Waals surface area contributed by atoms with Crippen molar-refractivity contribution in [2.24, 2.45) is 11.8 Å². The van der Waals surface area contributed by atoms with Crippen molar-refractivity contribution in [2.75, 3.05) is 6.61 Å². The van der Waals surface area contributed by atoms with Crippen molar-refractivity contribution in [1.29, 1.82) is 0 Å². The lowest BCUT2D eigenvalue weighted by atomic mass is 9.96. The van der Waals surface area contributed by atoms with Gasteiger partial charge in [-0.15, -0.1) is 0 Å². The van der Waals surface area contributed by atoms with E-state index in [1.807, 2.05) is 0 Å². The summed E-state index contributed by atoms with van der Waals surface area (Å²) < 4.78 is 10.9. The molecule has 1 aromatic rings. The molecule has 1 saturated carbocycles. The highest BCUT2D eigenvalue weighted by molar-refractivity contribution is 5.71. The number of hydrogen-bond acceptors (Lipinski definition) is 5. The van der Waals surface area contributed by atoms with Crippen molar-refractivity contribution in [3.63, 3.8) is 0 Å². The van der Waals surface area contributed by atoms with Gasteiger partial charge in [-0.3, -0.25) is 4.79 Å². The molecule has 1 saturated heterocycles. The normalized spacial score (nSPS) is 32.6. The van der Waals surface area contributed by atoms with Crippen molar-refractivity contribution in [3.8, 4) is 0 Å². The van der Waals surface area contributed by atoms with Crippen molar-refractivity contribution < 1.29 is 19.2 Å². The summed E-state index contributed by atoms with van der Waals surface area (Å²) in [6.45, 7) is 2.90. The fourth-order valence-electron chi connectivity index (χ4n) is 3.53. The smallest absolute Gasteiger partial charge is 0.307 e. The Kier molecular flexibility index (Phi) is 4.24. The number of aliphatic carboxylic acids is 1. The second kappa shape index (κ2) is 6.13. The average Bonchev–Trinajstić information content (AvgIpc) is 3.18. The second-order valence-corrected chi connectivity index (χ2v) is 6.18. The third-order valence-electron chi connectivity index (χ3n) is 4.79. The van der Waals surface area contributed by atoms with Gasteiger partial charge in [0.1, 0.15) is 0 Å². The van der Waals surface area contributed by atoms with Gasteiger partial charge in [-0.2, -0.15) is 4.98 Å². The zero-order valence-corrected chi connectivity index (χ0v) is 12.3. The van der Waals surface area contributed by atoms with Gasteiger partial charge in [-0.25, -0.2) is 0 Å². The molecular weight excluding hydrogens is 272 g/mol. The Balaban J connectivity index is 1.70. The van der Waals surface area contributed by atoms with Crippen LogP contribution in [0, 0.1) is 11.8 Å². The zero-order chi connectivity index (χ0) is 14.8. The van der Waals surface area contributed by atoms with Gasteiger partial charge in [0.2, 0.25) is 5.89 Å². The fourth-order valence-corrected chi connectivity index (χ4v) is 3.53. The van der Waals surface area contributed by atoms with Crippen LogP contribution in [0.1, 0.15) is 56.7 Å². The minimum atomic E-state index is -0.755. The molecule has 0 aromatic carbocycles. The van der Waals surface area contributed by atoms with E-state index < -0.39 is 11.9 Å². The molecule has 1 aliphatic carbocycles. The molecule has 0 radical (unpaired) electrons. The quantitative estimate of drug-likeness (QED) is 0.897. The monoisotopic (exact) mass is 294 g/mol. The third kappa shape index (κ3) is 3.10. The van der Waals surface area contributed by atoms with Crippen LogP contribution in [0.4, 0.5) is 0 Å². The number of carboxylic acids is 1. The van der Waals surface area contributed by atoms with E-state index in [-0.39, 0.29) is 12.0 Å². The van der Waals surface area contributed by atoms with E-state index >= 15 is 0 Å². The van der Waals surface area contributed by atoms with Crippen LogP contribution in [-0.2, 0) is 16.0 Å². The van der Waals surface area contributed by atoms with Crippen LogP contribution in [0.15, 0.2) is 4.52 Å². The highest BCUT2D eigenvalue weighted by Crippen LogP contribution is 2.44. The minimum absolute atomic E-state index is 0.141. The molecule has 1 aromatic heterocycles. The second-order valence-electron chi connectivity index (χ2n) is 6.18. The number of ether oxygens (including phenoxy) is 1. The molecule has 1 N–H and O–H groups in total. The van der Waals surface area contributed by atoms with E-state index in [1.165, 1.54) is 0 Å². The summed E-state index contributed by atoms with van der Waals surface area (Å²) in [5.41, 5.74) is 0. The van der Waals surface area contributed by atoms with Gasteiger partial charge in [0, 0.05) is 13.0 Å². The van der Waals surface area contributed by atoms with Gasteiger partial charge in [0.15, 0.2) is 5.82 Å². The Morgan fingerprint density at radius 3 is 2.95 bits per heavy atom. The predicted octanol–water partition coefficient (Wildman–Crippen LogP) is 2.40. The van der Waals surface area contributed by atoms with Gasteiger partial charge < -0.3 is 14.4 Å². The van der Waals surface area contributed by atoms with E-state index in [2.05, 4.69) is 17.1 Å². The van der Waals surface area contributed by atoms with Crippen LogP contribution in [0.5, 0.6) is 0 Å². The first-order valence-electron chi connectivity index (χ1n) is 7.84. The van der Waals surface area contributed by atoms with Gasteiger partial charge in [0.25, 0.3) is 0 Å². The molecule has 2 fully saturated rings. The molecule has 116 valence electrons. The first-order chi connectivity index (χ1) is 10.2. The Hall–Kier alpha value is -1.43. The number of carbonyl (C=O) groups is 1. The molecule has 21 heavy (non-hydrogen) atoms. The summed E-state index contributed by atoms with van der Waals surface area (Å²) >= 11 is 0. The number of aromatic nitrogens is 2. The van der Waals surface area contributed by atoms with Crippen LogP contribution in [-0.4, -0.2) is 33.9 Å². The molecule has 6 heteroatoms. The van der Waals surface area contributed by atoms with E-state index in [0.29, 0.717) is 30.5 Å². The first-order valence-corrected chi connectivity index (χ1v) is 7.84. The van der Waals surface area contributed by atoms with E-state index in [0.717, 1.165) is 32.3 Å². The maximum Gasteiger partial charge on any atom is 0.307 e. The Morgan fingerprint density at radius 1 is 1.43 bits per heavy atom. The van der Waals surface area contributed by atoms with Crippen molar-refractivity contribution in [3.05, 3.63) is 11.7 Å². The maximum absolute atomic E-state index is 11.4. The summed E-state index contributed by atoms with van der Waals surface area (Å²) in [6, 6.07) is 0. The fraction of sp³-hybridized carbons (Fsp3) is 0.800. The molecule has 0 bridgehead atoms. The molecular formula is C15H22N2O4. The highest BCUT2D eigenvalue weighted by atomic mass is 16.5. The van der Waals surface area contributed by atoms with Crippen LogP contribution in [0.25, 0.3) is 0 Å². The largest absolute Gasteiger partial charge is 0.481 e. The summed E-state index contributed by atoms with van der Waals surface area (Å²) in [6.07, 6.45) is 5.48. The molecule has 0 spiro atoms. The number of hydrogen-bond donors (Lipinski definition) is 1. The Labute approximate surface area is 123 Å². The number of carboxylic acid groups (broad SMARTS) is 1. The number of nitrogens with zero attached hydrogens (tertiary/aromatic N) is 2. The van der Waals surface area contributed by atoms with Crippen LogP contribution in [0.3, 0.4) is 0 Å². The summed E-state index contributed by atoms with van der Waals surface area (Å²) in [5, 5.41) is 13.4. The molecule has 2 aliphatic rings. The van der Waals surface area contributed by atoms with Crippen LogP contribution >= 0.6 is 0 Å². The molecule has 4 unspecified atom stereocenters. The third-order valence-corrected chi connectivity index (χ3v) is 4.79. The standard InChI is InChI=1S/C15H22N2O4/c1-2-9-6-11(12(7-9)15(18)19)14-16-13(17-21-14)8-10-4-3-5-20-10/h9-12H,2-8H2,1H3,(H,18,19). The van der Waals surface area contributed by atoms with Gasteiger partial charge in [0.05, 0.1) is 17.9 Å². The molecule has 1 aliphatic heterocycles. The van der Waals surface area contributed by atoms with E-state index in [9.17, 15) is 9.90 Å². The van der Waals surface area contributed by atoms with Crippen LogP contribution < -0.4 is 0 Å². The SMILES string of the molecule is CCC1CC(C(=O)O)C(c2nc(CC3CCCO3)no2)C1. The van der Waals surface area contributed by atoms with E-state index in [1.54, 1.807) is 0 Å². The van der Waals surface area contributed by atoms with Gasteiger partial charge in [-0.1, -0.05) is 18.5 Å².